The average molecular weight is 204 g/mol. The van der Waals surface area contributed by atoms with E-state index >= 15 is 0 Å². The predicted octanol–water partition coefficient (Wildman–Crippen LogP) is 2.90. The number of hydrogen-bond donors (Lipinski definition) is 0. The highest BCUT2D eigenvalue weighted by molar-refractivity contribution is 5.83. The zero-order valence-corrected chi connectivity index (χ0v) is 9.25. The van der Waals surface area contributed by atoms with Crippen molar-refractivity contribution < 1.29 is 9.53 Å². The van der Waals surface area contributed by atoms with Gasteiger partial charge < -0.3 is 4.74 Å². The van der Waals surface area contributed by atoms with Crippen molar-refractivity contribution in [3.05, 3.63) is 42.0 Å². The van der Waals surface area contributed by atoms with E-state index in [2.05, 4.69) is 20.4 Å². The molecule has 15 heavy (non-hydrogen) atoms. The third kappa shape index (κ3) is 2.94. The van der Waals surface area contributed by atoms with Gasteiger partial charge in [0.1, 0.15) is 5.75 Å². The SMILES string of the molecule is C=CC(=O)Oc1ccc(CC)c(CC)c1. The molecular formula is C13H16O2. The molecule has 0 aromatic heterocycles. The molecule has 2 heteroatoms. The molecule has 0 atom stereocenters. The number of benzene rings is 1. The molecule has 0 saturated carbocycles. The molecule has 0 heterocycles. The Hall–Kier alpha value is -1.57. The number of aryl methyl sites for hydroxylation is 2. The molecule has 0 radical (unpaired) electrons. The standard InChI is InChI=1S/C13H16O2/c1-4-10-7-8-12(9-11(10)5-2)15-13(14)6-3/h6-9H,3-5H2,1-2H3. The van der Waals surface area contributed by atoms with Crippen molar-refractivity contribution in [2.24, 2.45) is 0 Å². The van der Waals surface area contributed by atoms with Crippen LogP contribution in [0.15, 0.2) is 30.9 Å². The molecular weight excluding hydrogens is 188 g/mol. The van der Waals surface area contributed by atoms with E-state index < -0.39 is 5.97 Å². The summed E-state index contributed by atoms with van der Waals surface area (Å²) < 4.78 is 5.05. The number of esters is 1. The van der Waals surface area contributed by atoms with Gasteiger partial charge in [-0.25, -0.2) is 4.79 Å². The van der Waals surface area contributed by atoms with Crippen molar-refractivity contribution in [3.8, 4) is 5.75 Å². The van der Waals surface area contributed by atoms with Crippen LogP contribution < -0.4 is 4.74 Å². The molecule has 0 bridgehead atoms. The highest BCUT2D eigenvalue weighted by Crippen LogP contribution is 2.19. The summed E-state index contributed by atoms with van der Waals surface area (Å²) in [6, 6.07) is 5.74. The molecule has 0 N–H and O–H groups in total. The molecule has 0 unspecified atom stereocenters. The van der Waals surface area contributed by atoms with E-state index in [-0.39, 0.29) is 0 Å². The van der Waals surface area contributed by atoms with Gasteiger partial charge in [-0.05, 0) is 36.1 Å². The van der Waals surface area contributed by atoms with E-state index in [1.165, 1.54) is 17.2 Å². The smallest absolute Gasteiger partial charge is 0.335 e. The maximum absolute atomic E-state index is 11.0. The first-order chi connectivity index (χ1) is 7.21. The summed E-state index contributed by atoms with van der Waals surface area (Å²) in [5.74, 6) is 0.176. The van der Waals surface area contributed by atoms with Crippen LogP contribution in [0.1, 0.15) is 25.0 Å². The van der Waals surface area contributed by atoms with Gasteiger partial charge in [-0.3, -0.25) is 0 Å². The molecule has 1 rings (SSSR count). The van der Waals surface area contributed by atoms with E-state index in [0.717, 1.165) is 12.8 Å². The molecule has 0 spiro atoms. The van der Waals surface area contributed by atoms with Crippen LogP contribution in [0, 0.1) is 0 Å². The molecule has 0 amide bonds. The largest absolute Gasteiger partial charge is 0.423 e. The zero-order chi connectivity index (χ0) is 11.3. The van der Waals surface area contributed by atoms with Crippen molar-refractivity contribution in [1.29, 1.82) is 0 Å². The lowest BCUT2D eigenvalue weighted by Crippen LogP contribution is -2.04. The molecule has 0 aliphatic rings. The predicted molar refractivity (Wildman–Crippen MR) is 61.0 cm³/mol. The Bertz CT molecular complexity index is 367. The third-order valence-corrected chi connectivity index (χ3v) is 2.32. The number of carbonyl (C=O) groups is 1. The Labute approximate surface area is 90.6 Å². The second-order valence-corrected chi connectivity index (χ2v) is 3.26. The van der Waals surface area contributed by atoms with Gasteiger partial charge in [0, 0.05) is 6.08 Å². The van der Waals surface area contributed by atoms with E-state index in [4.69, 9.17) is 4.74 Å². The topological polar surface area (TPSA) is 26.3 Å². The van der Waals surface area contributed by atoms with Gasteiger partial charge in [0.15, 0.2) is 0 Å². The Morgan fingerprint density at radius 1 is 1.33 bits per heavy atom. The fourth-order valence-corrected chi connectivity index (χ4v) is 1.50. The lowest BCUT2D eigenvalue weighted by molar-refractivity contribution is -0.128. The normalized spacial score (nSPS) is 9.73. The number of rotatable bonds is 4. The van der Waals surface area contributed by atoms with Gasteiger partial charge in [0.25, 0.3) is 0 Å². The number of ether oxygens (including phenoxy) is 1. The maximum atomic E-state index is 11.0. The first-order valence-electron chi connectivity index (χ1n) is 5.17. The highest BCUT2D eigenvalue weighted by Gasteiger charge is 2.03. The summed E-state index contributed by atoms with van der Waals surface area (Å²) in [6.45, 7) is 7.56. The van der Waals surface area contributed by atoms with Crippen LogP contribution >= 0.6 is 0 Å². The third-order valence-electron chi connectivity index (χ3n) is 2.32. The molecule has 0 saturated heterocycles. The lowest BCUT2D eigenvalue weighted by Gasteiger charge is -2.08. The summed E-state index contributed by atoms with van der Waals surface area (Å²) in [7, 11) is 0. The van der Waals surface area contributed by atoms with Crippen LogP contribution in [-0.4, -0.2) is 5.97 Å². The second kappa shape index (κ2) is 5.35. The Morgan fingerprint density at radius 3 is 2.53 bits per heavy atom. The first-order valence-corrected chi connectivity index (χ1v) is 5.17. The molecule has 0 fully saturated rings. The molecule has 1 aromatic rings. The molecule has 0 aliphatic heterocycles. The second-order valence-electron chi connectivity index (χ2n) is 3.26. The van der Waals surface area contributed by atoms with E-state index in [0.29, 0.717) is 5.75 Å². The van der Waals surface area contributed by atoms with Crippen LogP contribution in [0.3, 0.4) is 0 Å². The average Bonchev–Trinajstić information content (AvgIpc) is 2.28. The maximum Gasteiger partial charge on any atom is 0.335 e. The van der Waals surface area contributed by atoms with E-state index in [1.807, 2.05) is 18.2 Å². The van der Waals surface area contributed by atoms with E-state index in [1.54, 1.807) is 0 Å². The minimum Gasteiger partial charge on any atom is -0.423 e. The van der Waals surface area contributed by atoms with Crippen molar-refractivity contribution in [3.63, 3.8) is 0 Å². The van der Waals surface area contributed by atoms with Crippen LogP contribution in [0.2, 0.25) is 0 Å². The number of carbonyl (C=O) groups excluding carboxylic acids is 1. The first kappa shape index (κ1) is 11.5. The fraction of sp³-hybridized carbons (Fsp3) is 0.308. The molecule has 0 aliphatic carbocycles. The Kier molecular flexibility index (Phi) is 4.10. The van der Waals surface area contributed by atoms with E-state index in [9.17, 15) is 4.79 Å². The van der Waals surface area contributed by atoms with Crippen LogP contribution in [-0.2, 0) is 17.6 Å². The van der Waals surface area contributed by atoms with Gasteiger partial charge in [0.2, 0.25) is 0 Å². The molecule has 2 nitrogen and oxygen atoms in total. The van der Waals surface area contributed by atoms with Crippen molar-refractivity contribution >= 4 is 5.97 Å². The Morgan fingerprint density at radius 2 is 2.00 bits per heavy atom. The molecule has 1 aromatic carbocycles. The summed E-state index contributed by atoms with van der Waals surface area (Å²) in [5.41, 5.74) is 2.53. The van der Waals surface area contributed by atoms with Crippen LogP contribution in [0.25, 0.3) is 0 Å². The summed E-state index contributed by atoms with van der Waals surface area (Å²) in [5, 5.41) is 0. The monoisotopic (exact) mass is 204 g/mol. The summed E-state index contributed by atoms with van der Waals surface area (Å²) in [4.78, 5) is 11.0. The van der Waals surface area contributed by atoms with Gasteiger partial charge in [-0.15, -0.1) is 0 Å². The summed E-state index contributed by atoms with van der Waals surface area (Å²) >= 11 is 0. The van der Waals surface area contributed by atoms with Gasteiger partial charge >= 0.3 is 5.97 Å². The van der Waals surface area contributed by atoms with Gasteiger partial charge in [-0.1, -0.05) is 26.5 Å². The minimum absolute atomic E-state index is 0.415. The summed E-state index contributed by atoms with van der Waals surface area (Å²) in [6.07, 6.45) is 3.11. The lowest BCUT2D eigenvalue weighted by atomic mass is 10.0. The molecule has 80 valence electrons. The fourth-order valence-electron chi connectivity index (χ4n) is 1.50. The highest BCUT2D eigenvalue weighted by atomic mass is 16.5. The van der Waals surface area contributed by atoms with Crippen molar-refractivity contribution in [2.45, 2.75) is 26.7 Å². The minimum atomic E-state index is -0.415. The van der Waals surface area contributed by atoms with Crippen molar-refractivity contribution in [2.75, 3.05) is 0 Å². The van der Waals surface area contributed by atoms with Crippen LogP contribution in [0.5, 0.6) is 5.75 Å². The zero-order valence-electron chi connectivity index (χ0n) is 9.25. The Balaban J connectivity index is 2.92. The number of hydrogen-bond acceptors (Lipinski definition) is 2. The van der Waals surface area contributed by atoms with Crippen LogP contribution in [0.4, 0.5) is 0 Å². The van der Waals surface area contributed by atoms with Crippen molar-refractivity contribution in [1.82, 2.24) is 0 Å². The van der Waals surface area contributed by atoms with Gasteiger partial charge in [0.05, 0.1) is 0 Å². The quantitative estimate of drug-likeness (QED) is 0.428. The van der Waals surface area contributed by atoms with Gasteiger partial charge in [-0.2, -0.15) is 0 Å².